The summed E-state index contributed by atoms with van der Waals surface area (Å²) in [6, 6.07) is 12.6. The van der Waals surface area contributed by atoms with Gasteiger partial charge in [0.05, 0.1) is 5.02 Å². The molecule has 4 heteroatoms. The maximum absolute atomic E-state index is 9.42. The summed E-state index contributed by atoms with van der Waals surface area (Å²) < 4.78 is 5.71. The van der Waals surface area contributed by atoms with Crippen LogP contribution < -0.4 is 4.74 Å². The molecule has 2 N–H and O–H groups in total. The van der Waals surface area contributed by atoms with Gasteiger partial charge in [-0.15, -0.1) is 0 Å². The highest BCUT2D eigenvalue weighted by molar-refractivity contribution is 6.32. The van der Waals surface area contributed by atoms with Crippen molar-refractivity contribution in [3.8, 4) is 11.5 Å². The highest BCUT2D eigenvalue weighted by Crippen LogP contribution is 2.27. The summed E-state index contributed by atoms with van der Waals surface area (Å²) >= 11 is 6.04. The minimum absolute atomic E-state index is 0.243. The van der Waals surface area contributed by atoms with Gasteiger partial charge < -0.3 is 14.8 Å². The van der Waals surface area contributed by atoms with Crippen molar-refractivity contribution in [3.05, 3.63) is 59.2 Å². The molecule has 2 aromatic carbocycles. The van der Waals surface area contributed by atoms with Gasteiger partial charge in [-0.25, -0.2) is 0 Å². The van der Waals surface area contributed by atoms with Crippen molar-refractivity contribution >= 4 is 22.5 Å². The summed E-state index contributed by atoms with van der Waals surface area (Å²) in [6.07, 6.45) is 1.88. The van der Waals surface area contributed by atoms with Crippen LogP contribution in [-0.2, 0) is 6.61 Å². The molecule has 96 valence electrons. The van der Waals surface area contributed by atoms with Gasteiger partial charge in [-0.05, 0) is 24.3 Å². The van der Waals surface area contributed by atoms with Crippen molar-refractivity contribution in [1.82, 2.24) is 4.98 Å². The molecule has 3 aromatic rings. The first-order valence-corrected chi connectivity index (χ1v) is 6.28. The summed E-state index contributed by atoms with van der Waals surface area (Å²) in [6.45, 7) is 0.425. The molecule has 19 heavy (non-hydrogen) atoms. The molecule has 0 bridgehead atoms. The lowest BCUT2D eigenvalue weighted by atomic mass is 10.2. The molecule has 0 spiro atoms. The van der Waals surface area contributed by atoms with Gasteiger partial charge in [-0.3, -0.25) is 0 Å². The number of fused-ring (bicyclic) bond motifs is 1. The Labute approximate surface area is 115 Å². The first kappa shape index (κ1) is 11.9. The average Bonchev–Trinajstić information content (AvgIpc) is 2.80. The van der Waals surface area contributed by atoms with Crippen LogP contribution in [0.15, 0.2) is 48.7 Å². The maximum atomic E-state index is 9.42. The van der Waals surface area contributed by atoms with Crippen LogP contribution in [0.4, 0.5) is 0 Å². The number of H-pyrrole nitrogens is 1. The van der Waals surface area contributed by atoms with Crippen molar-refractivity contribution in [3.63, 3.8) is 0 Å². The highest BCUT2D eigenvalue weighted by atomic mass is 35.5. The molecule has 0 atom stereocenters. The number of rotatable bonds is 3. The Morgan fingerprint density at radius 3 is 2.84 bits per heavy atom. The second kappa shape index (κ2) is 4.86. The summed E-state index contributed by atoms with van der Waals surface area (Å²) in [4.78, 5) is 3.11. The molecule has 3 nitrogen and oxygen atoms in total. The van der Waals surface area contributed by atoms with Crippen LogP contribution in [0.5, 0.6) is 11.5 Å². The lowest BCUT2D eigenvalue weighted by molar-refractivity contribution is 0.308. The number of nitrogens with one attached hydrogen (secondary N) is 1. The van der Waals surface area contributed by atoms with Crippen molar-refractivity contribution in [1.29, 1.82) is 0 Å². The fraction of sp³-hybridized carbons (Fsp3) is 0.0667. The lowest BCUT2D eigenvalue weighted by Gasteiger charge is -2.06. The van der Waals surface area contributed by atoms with Gasteiger partial charge in [0.2, 0.25) is 0 Å². The number of ether oxygens (including phenoxy) is 1. The third-order valence-corrected chi connectivity index (χ3v) is 3.28. The van der Waals surface area contributed by atoms with Crippen LogP contribution in [0.1, 0.15) is 5.56 Å². The molecule has 0 saturated carbocycles. The van der Waals surface area contributed by atoms with E-state index in [9.17, 15) is 5.11 Å². The third kappa shape index (κ3) is 2.37. The number of aromatic hydroxyl groups is 1. The van der Waals surface area contributed by atoms with Gasteiger partial charge in [0.15, 0.2) is 0 Å². The predicted octanol–water partition coefficient (Wildman–Crippen LogP) is 4.11. The zero-order chi connectivity index (χ0) is 13.2. The van der Waals surface area contributed by atoms with Crippen molar-refractivity contribution in [2.45, 2.75) is 6.61 Å². The first-order chi connectivity index (χ1) is 9.24. The van der Waals surface area contributed by atoms with Gasteiger partial charge in [-0.1, -0.05) is 23.7 Å². The predicted molar refractivity (Wildman–Crippen MR) is 75.7 cm³/mol. The van der Waals surface area contributed by atoms with E-state index in [1.165, 1.54) is 0 Å². The largest absolute Gasteiger partial charge is 0.508 e. The number of benzene rings is 2. The maximum Gasteiger partial charge on any atom is 0.138 e. The Morgan fingerprint density at radius 2 is 2.00 bits per heavy atom. The van der Waals surface area contributed by atoms with Crippen LogP contribution in [0.25, 0.3) is 10.9 Å². The number of halogens is 1. The zero-order valence-electron chi connectivity index (χ0n) is 10.1. The topological polar surface area (TPSA) is 45.2 Å². The smallest absolute Gasteiger partial charge is 0.138 e. The molecule has 0 aliphatic heterocycles. The van der Waals surface area contributed by atoms with Gasteiger partial charge in [0.25, 0.3) is 0 Å². The van der Waals surface area contributed by atoms with E-state index in [-0.39, 0.29) is 5.75 Å². The second-order valence-electron chi connectivity index (χ2n) is 4.26. The molecule has 0 saturated heterocycles. The third-order valence-electron chi connectivity index (χ3n) is 2.97. The summed E-state index contributed by atoms with van der Waals surface area (Å²) in [5, 5.41) is 11.0. The summed E-state index contributed by atoms with van der Waals surface area (Å²) in [5.74, 6) is 0.908. The normalized spacial score (nSPS) is 10.8. The molecule has 0 aliphatic carbocycles. The van der Waals surface area contributed by atoms with E-state index >= 15 is 0 Å². The van der Waals surface area contributed by atoms with Gasteiger partial charge in [0, 0.05) is 28.7 Å². The number of para-hydroxylation sites is 1. The summed E-state index contributed by atoms with van der Waals surface area (Å²) in [7, 11) is 0. The molecule has 1 aromatic heterocycles. The second-order valence-corrected chi connectivity index (χ2v) is 4.67. The molecule has 0 fully saturated rings. The molecule has 1 heterocycles. The Bertz CT molecular complexity index is 721. The molecule has 0 unspecified atom stereocenters. The van der Waals surface area contributed by atoms with Crippen LogP contribution in [-0.4, -0.2) is 10.1 Å². The molecule has 3 rings (SSSR count). The Balaban J connectivity index is 1.84. The minimum Gasteiger partial charge on any atom is -0.508 e. The van der Waals surface area contributed by atoms with E-state index in [1.54, 1.807) is 18.2 Å². The lowest BCUT2D eigenvalue weighted by Crippen LogP contribution is -1.94. The average molecular weight is 274 g/mol. The number of phenols is 1. The molecule has 0 amide bonds. The summed E-state index contributed by atoms with van der Waals surface area (Å²) in [5.41, 5.74) is 1.91. The standard InChI is InChI=1S/C15H12ClNO2/c16-13-3-1-2-4-15(13)19-9-10-8-17-14-7-11(18)5-6-12(10)14/h1-8,17-18H,9H2. The fourth-order valence-corrected chi connectivity index (χ4v) is 2.20. The van der Waals surface area contributed by atoms with Crippen molar-refractivity contribution < 1.29 is 9.84 Å². The number of aromatic amines is 1. The molecule has 0 radical (unpaired) electrons. The van der Waals surface area contributed by atoms with Crippen LogP contribution in [0.3, 0.4) is 0 Å². The van der Waals surface area contributed by atoms with Crippen LogP contribution >= 0.6 is 11.6 Å². The van der Waals surface area contributed by atoms with E-state index in [2.05, 4.69) is 4.98 Å². The van der Waals surface area contributed by atoms with Gasteiger partial charge in [0.1, 0.15) is 18.1 Å². The van der Waals surface area contributed by atoms with E-state index in [4.69, 9.17) is 16.3 Å². The minimum atomic E-state index is 0.243. The van der Waals surface area contributed by atoms with E-state index in [0.29, 0.717) is 17.4 Å². The molecular weight excluding hydrogens is 262 g/mol. The Hall–Kier alpha value is -2.13. The fourth-order valence-electron chi connectivity index (χ4n) is 2.01. The first-order valence-electron chi connectivity index (χ1n) is 5.90. The molecule has 0 aliphatic rings. The number of hydrogen-bond acceptors (Lipinski definition) is 2. The Kier molecular flexibility index (Phi) is 3.05. The number of hydrogen-bond donors (Lipinski definition) is 2. The van der Waals surface area contributed by atoms with Crippen molar-refractivity contribution in [2.24, 2.45) is 0 Å². The van der Waals surface area contributed by atoms with E-state index < -0.39 is 0 Å². The number of aromatic nitrogens is 1. The monoisotopic (exact) mass is 273 g/mol. The highest BCUT2D eigenvalue weighted by Gasteiger charge is 2.06. The van der Waals surface area contributed by atoms with E-state index in [1.807, 2.05) is 30.5 Å². The van der Waals surface area contributed by atoms with E-state index in [0.717, 1.165) is 16.5 Å². The van der Waals surface area contributed by atoms with Crippen molar-refractivity contribution in [2.75, 3.05) is 0 Å². The van der Waals surface area contributed by atoms with Gasteiger partial charge in [-0.2, -0.15) is 0 Å². The number of phenolic OH excluding ortho intramolecular Hbond substituents is 1. The quantitative estimate of drug-likeness (QED) is 0.754. The molecular formula is C15H12ClNO2. The Morgan fingerprint density at radius 1 is 1.16 bits per heavy atom. The SMILES string of the molecule is Oc1ccc2c(COc3ccccc3Cl)c[nH]c2c1. The van der Waals surface area contributed by atoms with Gasteiger partial charge >= 0.3 is 0 Å². The van der Waals surface area contributed by atoms with Crippen LogP contribution in [0.2, 0.25) is 5.02 Å². The zero-order valence-corrected chi connectivity index (χ0v) is 10.8. The van der Waals surface area contributed by atoms with Crippen LogP contribution in [0, 0.1) is 0 Å².